The molecule has 0 unspecified atom stereocenters. The van der Waals surface area contributed by atoms with Gasteiger partial charge < -0.3 is 0 Å². The van der Waals surface area contributed by atoms with Gasteiger partial charge in [0.05, 0.1) is 17.4 Å². The summed E-state index contributed by atoms with van der Waals surface area (Å²) in [7, 11) is 0. The molecular weight excluding hydrogens is 410 g/mol. The molecule has 1 amide bonds. The highest BCUT2D eigenvalue weighted by molar-refractivity contribution is 7.99. The first-order chi connectivity index (χ1) is 14.1. The first kappa shape index (κ1) is 19.2. The summed E-state index contributed by atoms with van der Waals surface area (Å²) < 4.78 is 2.60. The van der Waals surface area contributed by atoms with Crippen molar-refractivity contribution in [1.82, 2.24) is 19.4 Å². The molecule has 2 aromatic carbocycles. The highest BCUT2D eigenvalue weighted by atomic mass is 35.5. The van der Waals surface area contributed by atoms with Gasteiger partial charge in [-0.1, -0.05) is 36.7 Å². The van der Waals surface area contributed by atoms with E-state index in [-0.39, 0.29) is 11.3 Å². The lowest BCUT2D eigenvalue weighted by Crippen LogP contribution is -2.33. The zero-order valence-corrected chi connectivity index (χ0v) is 16.9. The normalized spacial score (nSPS) is 11.0. The number of carbonyl (C=O) groups excluding carboxylic acids is 1. The van der Waals surface area contributed by atoms with Crippen molar-refractivity contribution in [3.05, 3.63) is 82.0 Å². The quantitative estimate of drug-likeness (QED) is 0.493. The molecule has 0 aliphatic carbocycles. The van der Waals surface area contributed by atoms with Gasteiger partial charge in [-0.05, 0) is 36.1 Å². The van der Waals surface area contributed by atoms with E-state index in [4.69, 9.17) is 11.6 Å². The number of hydrogen-bond acceptors (Lipinski definition) is 5. The molecule has 2 aromatic heterocycles. The predicted octanol–water partition coefficient (Wildman–Crippen LogP) is 3.73. The molecule has 4 aromatic rings. The second-order valence-electron chi connectivity index (χ2n) is 6.06. The second-order valence-corrected chi connectivity index (χ2v) is 7.81. The molecule has 0 spiro atoms. The molecule has 0 atom stereocenters. The van der Waals surface area contributed by atoms with Crippen LogP contribution in [0.3, 0.4) is 0 Å². The van der Waals surface area contributed by atoms with Crippen LogP contribution >= 0.6 is 23.4 Å². The molecule has 1 N–H and O–H groups in total. The van der Waals surface area contributed by atoms with Gasteiger partial charge in [0.25, 0.3) is 11.5 Å². The van der Waals surface area contributed by atoms with Gasteiger partial charge in [-0.3, -0.25) is 15.0 Å². The zero-order valence-electron chi connectivity index (χ0n) is 15.4. The average Bonchev–Trinajstić information content (AvgIpc) is 3.15. The molecule has 0 radical (unpaired) electrons. The molecule has 7 nitrogen and oxygen atoms in total. The minimum Gasteiger partial charge on any atom is -0.267 e. The van der Waals surface area contributed by atoms with Crippen LogP contribution in [0.25, 0.3) is 16.7 Å². The molecule has 4 rings (SSSR count). The molecule has 0 saturated heterocycles. The van der Waals surface area contributed by atoms with Crippen molar-refractivity contribution in [1.29, 1.82) is 0 Å². The summed E-state index contributed by atoms with van der Waals surface area (Å²) in [5, 5.41) is 5.08. The zero-order chi connectivity index (χ0) is 20.4. The van der Waals surface area contributed by atoms with Crippen molar-refractivity contribution in [3.8, 4) is 5.69 Å². The Morgan fingerprint density at radius 3 is 2.83 bits per heavy atom. The molecule has 0 fully saturated rings. The number of nitrogens with one attached hydrogen (secondary N) is 1. The third-order valence-electron chi connectivity index (χ3n) is 4.19. The van der Waals surface area contributed by atoms with Gasteiger partial charge in [-0.25, -0.2) is 14.3 Å². The van der Waals surface area contributed by atoms with Crippen molar-refractivity contribution in [3.63, 3.8) is 0 Å². The van der Waals surface area contributed by atoms with Crippen molar-refractivity contribution in [2.45, 2.75) is 11.8 Å². The summed E-state index contributed by atoms with van der Waals surface area (Å²) >= 11 is 7.61. The standard InChI is InChI=1S/C20H16ClN5O2S/c1-2-29-17-9-4-3-8-15(17)19(27)24-25-12-22-18-16(20(25)28)11-23-26(18)14-7-5-6-13(21)10-14/h3-12H,2H2,1H3,(H,24,27). The largest absolute Gasteiger partial charge is 0.283 e. The lowest BCUT2D eigenvalue weighted by molar-refractivity contribution is 0.100. The number of fused-ring (bicyclic) bond motifs is 1. The van der Waals surface area contributed by atoms with Gasteiger partial charge >= 0.3 is 0 Å². The Morgan fingerprint density at radius 2 is 2.03 bits per heavy atom. The maximum absolute atomic E-state index is 12.8. The molecule has 146 valence electrons. The number of amides is 1. The van der Waals surface area contributed by atoms with E-state index in [1.54, 1.807) is 42.1 Å². The van der Waals surface area contributed by atoms with Crippen LogP contribution in [0.4, 0.5) is 0 Å². The second kappa shape index (κ2) is 8.10. The number of hydrogen-bond donors (Lipinski definition) is 1. The van der Waals surface area contributed by atoms with Gasteiger partial charge in [0.2, 0.25) is 0 Å². The fraction of sp³-hybridized carbons (Fsp3) is 0.100. The van der Waals surface area contributed by atoms with E-state index in [0.717, 1.165) is 15.3 Å². The third-order valence-corrected chi connectivity index (χ3v) is 5.39. The van der Waals surface area contributed by atoms with E-state index in [2.05, 4.69) is 15.5 Å². The summed E-state index contributed by atoms with van der Waals surface area (Å²) in [6, 6.07) is 14.3. The smallest absolute Gasteiger partial charge is 0.267 e. The van der Waals surface area contributed by atoms with E-state index in [0.29, 0.717) is 21.9 Å². The molecule has 2 heterocycles. The fourth-order valence-corrected chi connectivity index (χ4v) is 3.88. The van der Waals surface area contributed by atoms with Crippen LogP contribution in [0.15, 0.2) is 70.7 Å². The number of benzene rings is 2. The summed E-state index contributed by atoms with van der Waals surface area (Å²) in [6.07, 6.45) is 2.70. The van der Waals surface area contributed by atoms with E-state index in [9.17, 15) is 9.59 Å². The fourth-order valence-electron chi connectivity index (χ4n) is 2.89. The first-order valence-electron chi connectivity index (χ1n) is 8.83. The van der Waals surface area contributed by atoms with Crippen LogP contribution in [0.5, 0.6) is 0 Å². The number of thioether (sulfide) groups is 1. The van der Waals surface area contributed by atoms with Crippen LogP contribution in [-0.2, 0) is 0 Å². The van der Waals surface area contributed by atoms with Crippen LogP contribution in [0, 0.1) is 0 Å². The van der Waals surface area contributed by atoms with Gasteiger partial charge in [-0.2, -0.15) is 5.10 Å². The minimum atomic E-state index is -0.419. The van der Waals surface area contributed by atoms with Gasteiger partial charge in [0, 0.05) is 9.92 Å². The van der Waals surface area contributed by atoms with E-state index in [1.165, 1.54) is 17.2 Å². The van der Waals surface area contributed by atoms with Gasteiger partial charge in [-0.15, -0.1) is 11.8 Å². The topological polar surface area (TPSA) is 81.8 Å². The molecule has 9 heteroatoms. The average molecular weight is 426 g/mol. The van der Waals surface area contributed by atoms with Gasteiger partial charge in [0.1, 0.15) is 11.7 Å². The van der Waals surface area contributed by atoms with Crippen molar-refractivity contribution < 1.29 is 4.79 Å². The maximum Gasteiger partial charge on any atom is 0.283 e. The number of aromatic nitrogens is 4. The van der Waals surface area contributed by atoms with Gasteiger partial charge in [0.15, 0.2) is 5.65 Å². The predicted molar refractivity (Wildman–Crippen MR) is 115 cm³/mol. The Balaban J connectivity index is 1.69. The highest BCUT2D eigenvalue weighted by Gasteiger charge is 2.15. The highest BCUT2D eigenvalue weighted by Crippen LogP contribution is 2.22. The Hall–Kier alpha value is -3.10. The van der Waals surface area contributed by atoms with Crippen LogP contribution in [0.1, 0.15) is 17.3 Å². The Bertz CT molecular complexity index is 1270. The third kappa shape index (κ3) is 3.76. The van der Waals surface area contributed by atoms with Crippen LogP contribution in [-0.4, -0.2) is 31.1 Å². The molecule has 0 aliphatic heterocycles. The molecular formula is C20H16ClN5O2S. The summed E-state index contributed by atoms with van der Waals surface area (Å²) in [5.41, 5.74) is 3.75. The molecule has 0 bridgehead atoms. The molecule has 0 aliphatic rings. The van der Waals surface area contributed by atoms with E-state index < -0.39 is 5.56 Å². The Kier molecular flexibility index (Phi) is 5.37. The molecule has 29 heavy (non-hydrogen) atoms. The summed E-state index contributed by atoms with van der Waals surface area (Å²) in [6.45, 7) is 2.01. The van der Waals surface area contributed by atoms with E-state index >= 15 is 0 Å². The van der Waals surface area contributed by atoms with Crippen LogP contribution in [0.2, 0.25) is 5.02 Å². The molecule has 0 saturated carbocycles. The number of halogens is 1. The number of carbonyl (C=O) groups is 1. The van der Waals surface area contributed by atoms with E-state index in [1.807, 2.05) is 25.1 Å². The lowest BCUT2D eigenvalue weighted by Gasteiger charge is -2.11. The summed E-state index contributed by atoms with van der Waals surface area (Å²) in [4.78, 5) is 30.7. The summed E-state index contributed by atoms with van der Waals surface area (Å²) in [5.74, 6) is 0.451. The number of rotatable bonds is 5. The lowest BCUT2D eigenvalue weighted by atomic mass is 10.2. The Labute approximate surface area is 175 Å². The maximum atomic E-state index is 12.8. The van der Waals surface area contributed by atoms with Crippen molar-refractivity contribution in [2.24, 2.45) is 0 Å². The van der Waals surface area contributed by atoms with Crippen molar-refractivity contribution in [2.75, 3.05) is 11.2 Å². The van der Waals surface area contributed by atoms with Crippen molar-refractivity contribution >= 4 is 40.3 Å². The Morgan fingerprint density at radius 1 is 1.21 bits per heavy atom. The SMILES string of the molecule is CCSc1ccccc1C(=O)Nn1cnc2c(cnn2-c2cccc(Cl)c2)c1=O. The number of nitrogens with zero attached hydrogens (tertiary/aromatic N) is 4. The van der Waals surface area contributed by atoms with Crippen LogP contribution < -0.4 is 11.0 Å². The first-order valence-corrected chi connectivity index (χ1v) is 10.2. The minimum absolute atomic E-state index is 0.281. The monoisotopic (exact) mass is 425 g/mol.